The van der Waals surface area contributed by atoms with Gasteiger partial charge in [-0.25, -0.2) is 9.18 Å². The van der Waals surface area contributed by atoms with Crippen molar-refractivity contribution in [3.05, 3.63) is 51.6 Å². The van der Waals surface area contributed by atoms with E-state index in [-0.39, 0.29) is 17.6 Å². The minimum atomic E-state index is -0.554. The van der Waals surface area contributed by atoms with Crippen LogP contribution in [0.25, 0.3) is 0 Å². The van der Waals surface area contributed by atoms with Crippen LogP contribution in [0.2, 0.25) is 0 Å². The Morgan fingerprint density at radius 1 is 1.19 bits per heavy atom. The molecule has 1 aliphatic heterocycles. The molecule has 2 heterocycles. The summed E-state index contributed by atoms with van der Waals surface area (Å²) in [4.78, 5) is 30.9. The SMILES string of the molecule is CC(C)(C)OC(=O)NC1CCN(C(=O)c2ccncc2Nc2ccc(I)cc2F)CC1. The summed E-state index contributed by atoms with van der Waals surface area (Å²) < 4.78 is 20.3. The third kappa shape index (κ3) is 6.52. The second-order valence-corrected chi connectivity index (χ2v) is 9.63. The maximum absolute atomic E-state index is 14.2. The van der Waals surface area contributed by atoms with Crippen molar-refractivity contribution in [2.24, 2.45) is 0 Å². The highest BCUT2D eigenvalue weighted by molar-refractivity contribution is 14.1. The summed E-state index contributed by atoms with van der Waals surface area (Å²) in [5, 5.41) is 5.85. The molecule has 0 saturated carbocycles. The van der Waals surface area contributed by atoms with Gasteiger partial charge in [-0.1, -0.05) is 0 Å². The van der Waals surface area contributed by atoms with E-state index in [1.165, 1.54) is 12.3 Å². The fourth-order valence-corrected chi connectivity index (χ4v) is 3.74. The molecule has 0 aliphatic carbocycles. The van der Waals surface area contributed by atoms with Crippen LogP contribution in [0.4, 0.5) is 20.6 Å². The van der Waals surface area contributed by atoms with Crippen LogP contribution in [0.3, 0.4) is 0 Å². The highest BCUT2D eigenvalue weighted by Crippen LogP contribution is 2.25. The lowest BCUT2D eigenvalue weighted by atomic mass is 10.0. The number of ether oxygens (including phenoxy) is 1. The first-order valence-electron chi connectivity index (χ1n) is 10.1. The van der Waals surface area contributed by atoms with Gasteiger partial charge in [0.25, 0.3) is 5.91 Å². The molecule has 1 aromatic heterocycles. The van der Waals surface area contributed by atoms with Crippen molar-refractivity contribution in [1.82, 2.24) is 15.2 Å². The standard InChI is InChI=1S/C22H26FIN4O3/c1-22(2,3)31-21(30)26-15-7-10-28(11-8-15)20(29)16-6-9-25-13-19(16)27-18-5-4-14(24)12-17(18)23/h4-6,9,12-13,15,27H,7-8,10-11H2,1-3H3,(H,26,30). The van der Waals surface area contributed by atoms with E-state index >= 15 is 0 Å². The Morgan fingerprint density at radius 2 is 1.90 bits per heavy atom. The van der Waals surface area contributed by atoms with Crippen LogP contribution in [0.15, 0.2) is 36.7 Å². The van der Waals surface area contributed by atoms with Gasteiger partial charge in [-0.15, -0.1) is 0 Å². The van der Waals surface area contributed by atoms with E-state index in [2.05, 4.69) is 15.6 Å². The van der Waals surface area contributed by atoms with Gasteiger partial charge < -0.3 is 20.3 Å². The zero-order valence-electron chi connectivity index (χ0n) is 17.7. The molecule has 2 aromatic rings. The molecule has 1 fully saturated rings. The third-order valence-corrected chi connectivity index (χ3v) is 5.43. The molecule has 7 nitrogen and oxygen atoms in total. The van der Waals surface area contributed by atoms with Crippen molar-refractivity contribution in [3.63, 3.8) is 0 Å². The molecule has 31 heavy (non-hydrogen) atoms. The molecule has 2 amide bonds. The molecule has 0 atom stereocenters. The van der Waals surface area contributed by atoms with E-state index < -0.39 is 17.5 Å². The average molecular weight is 540 g/mol. The van der Waals surface area contributed by atoms with Gasteiger partial charge in [0, 0.05) is 28.9 Å². The van der Waals surface area contributed by atoms with E-state index in [1.807, 2.05) is 43.4 Å². The number of nitrogens with zero attached hydrogens (tertiary/aromatic N) is 2. The summed E-state index contributed by atoms with van der Waals surface area (Å²) in [6.45, 7) is 6.45. The van der Waals surface area contributed by atoms with E-state index in [1.54, 1.807) is 29.3 Å². The predicted octanol–water partition coefficient (Wildman–Crippen LogP) is 4.70. The molecule has 3 rings (SSSR count). The number of carbonyl (C=O) groups excluding carboxylic acids is 2. The number of aromatic nitrogens is 1. The summed E-state index contributed by atoms with van der Waals surface area (Å²) in [5.41, 5.74) is 0.595. The van der Waals surface area contributed by atoms with Gasteiger partial charge in [-0.3, -0.25) is 9.78 Å². The number of benzene rings is 1. The topological polar surface area (TPSA) is 83.6 Å². The Balaban J connectivity index is 1.63. The lowest BCUT2D eigenvalue weighted by Gasteiger charge is -2.33. The van der Waals surface area contributed by atoms with Gasteiger partial charge in [0.2, 0.25) is 0 Å². The van der Waals surface area contributed by atoms with Gasteiger partial charge >= 0.3 is 6.09 Å². The number of nitrogens with one attached hydrogen (secondary N) is 2. The highest BCUT2D eigenvalue weighted by atomic mass is 127. The maximum atomic E-state index is 14.2. The maximum Gasteiger partial charge on any atom is 0.407 e. The molecule has 9 heteroatoms. The number of likely N-dealkylation sites (tertiary alicyclic amines) is 1. The van der Waals surface area contributed by atoms with Crippen molar-refractivity contribution < 1.29 is 18.7 Å². The number of amides is 2. The number of pyridine rings is 1. The van der Waals surface area contributed by atoms with Crippen LogP contribution in [0, 0.1) is 9.39 Å². The number of piperidine rings is 1. The average Bonchev–Trinajstić information content (AvgIpc) is 2.69. The zero-order valence-corrected chi connectivity index (χ0v) is 19.9. The Morgan fingerprint density at radius 3 is 2.55 bits per heavy atom. The number of carbonyl (C=O) groups is 2. The molecule has 0 bridgehead atoms. The van der Waals surface area contributed by atoms with Crippen LogP contribution in [0.1, 0.15) is 44.0 Å². The van der Waals surface area contributed by atoms with Crippen LogP contribution in [-0.4, -0.2) is 46.6 Å². The molecule has 1 aromatic carbocycles. The van der Waals surface area contributed by atoms with E-state index in [0.717, 1.165) is 3.57 Å². The van der Waals surface area contributed by atoms with E-state index in [4.69, 9.17) is 4.74 Å². The molecule has 2 N–H and O–H groups in total. The van der Waals surface area contributed by atoms with Crippen molar-refractivity contribution in [2.45, 2.75) is 45.3 Å². The molecule has 166 valence electrons. The van der Waals surface area contributed by atoms with Crippen molar-refractivity contribution >= 4 is 46.0 Å². The van der Waals surface area contributed by atoms with Crippen LogP contribution in [-0.2, 0) is 4.74 Å². The largest absolute Gasteiger partial charge is 0.444 e. The Bertz CT molecular complexity index is 956. The van der Waals surface area contributed by atoms with Gasteiger partial charge in [0.1, 0.15) is 11.4 Å². The summed E-state index contributed by atoms with van der Waals surface area (Å²) in [7, 11) is 0. The normalized spacial score (nSPS) is 14.8. The highest BCUT2D eigenvalue weighted by Gasteiger charge is 2.27. The number of rotatable bonds is 4. The first-order chi connectivity index (χ1) is 14.6. The molecule has 0 radical (unpaired) electrons. The zero-order chi connectivity index (χ0) is 22.6. The number of alkyl carbamates (subject to hydrolysis) is 1. The van der Waals surface area contributed by atoms with Gasteiger partial charge in [0.15, 0.2) is 0 Å². The minimum Gasteiger partial charge on any atom is -0.444 e. The quantitative estimate of drug-likeness (QED) is 0.550. The molecule has 1 aliphatic rings. The molecular formula is C22H26FIN4O3. The summed E-state index contributed by atoms with van der Waals surface area (Å²) in [6, 6.07) is 6.41. The fraction of sp³-hybridized carbons (Fsp3) is 0.409. The van der Waals surface area contributed by atoms with Crippen molar-refractivity contribution in [1.29, 1.82) is 0 Å². The molecular weight excluding hydrogens is 514 g/mol. The summed E-state index contributed by atoms with van der Waals surface area (Å²) >= 11 is 2.04. The van der Waals surface area contributed by atoms with Gasteiger partial charge in [-0.2, -0.15) is 0 Å². The number of hydrogen-bond acceptors (Lipinski definition) is 5. The lowest BCUT2D eigenvalue weighted by molar-refractivity contribution is 0.0473. The molecule has 0 spiro atoms. The monoisotopic (exact) mass is 540 g/mol. The number of halogens is 2. The fourth-order valence-electron chi connectivity index (χ4n) is 3.29. The Hall–Kier alpha value is -2.43. The van der Waals surface area contributed by atoms with Crippen LogP contribution >= 0.6 is 22.6 Å². The first kappa shape index (κ1) is 23.2. The number of hydrogen-bond donors (Lipinski definition) is 2. The summed E-state index contributed by atoms with van der Waals surface area (Å²) in [5.74, 6) is -0.560. The van der Waals surface area contributed by atoms with Gasteiger partial charge in [0.05, 0.1) is 23.1 Å². The summed E-state index contributed by atoms with van der Waals surface area (Å²) in [6.07, 6.45) is 3.87. The predicted molar refractivity (Wildman–Crippen MR) is 125 cm³/mol. The van der Waals surface area contributed by atoms with Crippen molar-refractivity contribution in [3.8, 4) is 0 Å². The van der Waals surface area contributed by atoms with Crippen molar-refractivity contribution in [2.75, 3.05) is 18.4 Å². The molecule has 1 saturated heterocycles. The van der Waals surface area contributed by atoms with Crippen LogP contribution in [0.5, 0.6) is 0 Å². The van der Waals surface area contributed by atoms with E-state index in [9.17, 15) is 14.0 Å². The third-order valence-electron chi connectivity index (χ3n) is 4.75. The minimum absolute atomic E-state index is 0.0465. The van der Waals surface area contributed by atoms with Crippen LogP contribution < -0.4 is 10.6 Å². The molecule has 0 unspecified atom stereocenters. The Kier molecular flexibility index (Phi) is 7.34. The van der Waals surface area contributed by atoms with Gasteiger partial charge in [-0.05, 0) is 80.5 Å². The smallest absolute Gasteiger partial charge is 0.407 e. The second kappa shape index (κ2) is 9.80. The Labute approximate surface area is 194 Å². The second-order valence-electron chi connectivity index (χ2n) is 8.38. The number of anilines is 2. The first-order valence-corrected chi connectivity index (χ1v) is 11.1. The lowest BCUT2D eigenvalue weighted by Crippen LogP contribution is -2.47. The van der Waals surface area contributed by atoms with E-state index in [0.29, 0.717) is 37.2 Å².